The number of nitrogens with zero attached hydrogens (tertiary/aromatic N) is 1. The van der Waals surface area contributed by atoms with Gasteiger partial charge in [-0.3, -0.25) is 0 Å². The number of aliphatic hydroxyl groups is 1. The second-order valence-electron chi connectivity index (χ2n) is 4.91. The number of aliphatic hydroxyl groups excluding tert-OH is 1. The maximum Gasteiger partial charge on any atom is 0.161 e. The van der Waals surface area contributed by atoms with E-state index in [9.17, 15) is 5.11 Å². The molecule has 0 fully saturated rings. The largest absolute Gasteiger partial charge is 0.473 e. The van der Waals surface area contributed by atoms with Crippen LogP contribution in [-0.4, -0.2) is 11.8 Å². The maximum absolute atomic E-state index is 9.20. The highest BCUT2D eigenvalue weighted by atomic mass is 16.5. The van der Waals surface area contributed by atoms with Gasteiger partial charge in [0.1, 0.15) is 5.75 Å². The monoisotopic (exact) mass is 255 g/mol. The molecule has 3 nitrogen and oxygen atoms in total. The molecule has 0 radical (unpaired) electrons. The Balaban J connectivity index is 1.86. The Morgan fingerprint density at radius 1 is 1.16 bits per heavy atom. The van der Waals surface area contributed by atoms with Crippen molar-refractivity contribution in [2.24, 2.45) is 0 Å². The molecule has 1 N–H and O–H groups in total. The van der Waals surface area contributed by atoms with Crippen LogP contribution in [0.2, 0.25) is 0 Å². The zero-order chi connectivity index (χ0) is 13.2. The van der Waals surface area contributed by atoms with E-state index in [1.165, 1.54) is 5.56 Å². The van der Waals surface area contributed by atoms with Crippen LogP contribution in [0.4, 0.5) is 5.69 Å². The summed E-state index contributed by atoms with van der Waals surface area (Å²) in [6.07, 6.45) is 0. The smallest absolute Gasteiger partial charge is 0.161 e. The van der Waals surface area contributed by atoms with Crippen molar-refractivity contribution in [1.29, 1.82) is 0 Å². The zero-order valence-electron chi connectivity index (χ0n) is 11.0. The van der Waals surface area contributed by atoms with Gasteiger partial charge in [-0.25, -0.2) is 0 Å². The quantitative estimate of drug-likeness (QED) is 0.895. The van der Waals surface area contributed by atoms with Gasteiger partial charge in [0.2, 0.25) is 0 Å². The molecular weight excluding hydrogens is 238 g/mol. The summed E-state index contributed by atoms with van der Waals surface area (Å²) >= 11 is 0. The molecule has 0 saturated heterocycles. The number of anilines is 1. The molecule has 0 saturated carbocycles. The molecule has 0 unspecified atom stereocenters. The Morgan fingerprint density at radius 2 is 1.95 bits per heavy atom. The van der Waals surface area contributed by atoms with Crippen LogP contribution in [0.25, 0.3) is 0 Å². The van der Waals surface area contributed by atoms with E-state index in [4.69, 9.17) is 4.74 Å². The minimum atomic E-state index is 0.0673. The molecule has 0 spiro atoms. The van der Waals surface area contributed by atoms with Crippen molar-refractivity contribution in [3.05, 3.63) is 59.2 Å². The van der Waals surface area contributed by atoms with Gasteiger partial charge in [0.15, 0.2) is 6.73 Å². The second kappa shape index (κ2) is 4.94. The van der Waals surface area contributed by atoms with E-state index < -0.39 is 0 Å². The lowest BCUT2D eigenvalue weighted by atomic mass is 10.1. The summed E-state index contributed by atoms with van der Waals surface area (Å²) in [7, 11) is 0. The minimum absolute atomic E-state index is 0.0673. The predicted octanol–water partition coefficient (Wildman–Crippen LogP) is 2.84. The SMILES string of the molecule is Cc1ccc(N2COc3ccc(CO)cc3C2)cc1. The molecule has 2 aromatic carbocycles. The normalized spacial score (nSPS) is 13.9. The average Bonchev–Trinajstić information content (AvgIpc) is 2.47. The fourth-order valence-corrected chi connectivity index (χ4v) is 2.32. The van der Waals surface area contributed by atoms with E-state index in [0.29, 0.717) is 6.73 Å². The molecule has 0 bridgehead atoms. The zero-order valence-corrected chi connectivity index (χ0v) is 11.0. The predicted molar refractivity (Wildman–Crippen MR) is 75.2 cm³/mol. The number of hydrogen-bond donors (Lipinski definition) is 1. The third-order valence-corrected chi connectivity index (χ3v) is 3.44. The van der Waals surface area contributed by atoms with Crippen LogP contribution in [0.3, 0.4) is 0 Å². The van der Waals surface area contributed by atoms with Crippen LogP contribution >= 0.6 is 0 Å². The van der Waals surface area contributed by atoms with Crippen molar-refractivity contribution in [3.63, 3.8) is 0 Å². The van der Waals surface area contributed by atoms with Crippen molar-refractivity contribution in [2.75, 3.05) is 11.6 Å². The minimum Gasteiger partial charge on any atom is -0.473 e. The topological polar surface area (TPSA) is 32.7 Å². The molecule has 3 heteroatoms. The fraction of sp³-hybridized carbons (Fsp3) is 0.250. The number of aryl methyl sites for hydroxylation is 1. The lowest BCUT2D eigenvalue weighted by Gasteiger charge is -2.31. The molecule has 0 atom stereocenters. The third kappa shape index (κ3) is 2.42. The molecule has 0 amide bonds. The van der Waals surface area contributed by atoms with Gasteiger partial charge >= 0.3 is 0 Å². The molecule has 1 heterocycles. The Morgan fingerprint density at radius 3 is 2.68 bits per heavy atom. The molecule has 19 heavy (non-hydrogen) atoms. The van der Waals surface area contributed by atoms with E-state index in [2.05, 4.69) is 36.1 Å². The summed E-state index contributed by atoms with van der Waals surface area (Å²) in [6.45, 7) is 3.53. The number of ether oxygens (including phenoxy) is 1. The summed E-state index contributed by atoms with van der Waals surface area (Å²) in [4.78, 5) is 2.18. The lowest BCUT2D eigenvalue weighted by molar-refractivity contribution is 0.277. The molecule has 1 aliphatic heterocycles. The summed E-state index contributed by atoms with van der Waals surface area (Å²) in [5, 5.41) is 9.20. The number of rotatable bonds is 2. The van der Waals surface area contributed by atoms with Gasteiger partial charge in [-0.1, -0.05) is 23.8 Å². The summed E-state index contributed by atoms with van der Waals surface area (Å²) in [5.74, 6) is 0.917. The lowest BCUT2D eigenvalue weighted by Crippen LogP contribution is -2.31. The molecule has 0 aliphatic carbocycles. The summed E-state index contributed by atoms with van der Waals surface area (Å²) in [5.41, 5.74) is 4.46. The van der Waals surface area contributed by atoms with Gasteiger partial charge in [0.25, 0.3) is 0 Å². The van der Waals surface area contributed by atoms with Crippen LogP contribution in [0.15, 0.2) is 42.5 Å². The number of fused-ring (bicyclic) bond motifs is 1. The highest BCUT2D eigenvalue weighted by molar-refractivity contribution is 5.51. The van der Waals surface area contributed by atoms with Gasteiger partial charge < -0.3 is 14.7 Å². The van der Waals surface area contributed by atoms with Crippen LogP contribution in [-0.2, 0) is 13.2 Å². The first kappa shape index (κ1) is 12.1. The number of benzene rings is 2. The van der Waals surface area contributed by atoms with Gasteiger partial charge in [0, 0.05) is 17.8 Å². The molecular formula is C16H17NO2. The Hall–Kier alpha value is -2.00. The van der Waals surface area contributed by atoms with Crippen molar-refractivity contribution < 1.29 is 9.84 Å². The van der Waals surface area contributed by atoms with E-state index in [0.717, 1.165) is 29.1 Å². The van der Waals surface area contributed by atoms with E-state index in [1.54, 1.807) is 0 Å². The summed E-state index contributed by atoms with van der Waals surface area (Å²) in [6, 6.07) is 14.3. The van der Waals surface area contributed by atoms with Crippen LogP contribution in [0, 0.1) is 6.92 Å². The van der Waals surface area contributed by atoms with Crippen LogP contribution in [0.5, 0.6) is 5.75 Å². The van der Waals surface area contributed by atoms with Crippen molar-refractivity contribution in [2.45, 2.75) is 20.1 Å². The van der Waals surface area contributed by atoms with Gasteiger partial charge in [-0.15, -0.1) is 0 Å². The molecule has 1 aliphatic rings. The van der Waals surface area contributed by atoms with Crippen LogP contribution in [0.1, 0.15) is 16.7 Å². The van der Waals surface area contributed by atoms with Gasteiger partial charge in [-0.05, 0) is 36.8 Å². The Labute approximate surface area is 113 Å². The highest BCUT2D eigenvalue weighted by Gasteiger charge is 2.17. The summed E-state index contributed by atoms with van der Waals surface area (Å²) < 4.78 is 5.76. The molecule has 0 aromatic heterocycles. The second-order valence-corrected chi connectivity index (χ2v) is 4.91. The van der Waals surface area contributed by atoms with Crippen molar-refractivity contribution in [1.82, 2.24) is 0 Å². The Bertz CT molecular complexity index is 578. The Kier molecular flexibility index (Phi) is 3.13. The maximum atomic E-state index is 9.20. The fourth-order valence-electron chi connectivity index (χ4n) is 2.32. The van der Waals surface area contributed by atoms with Crippen LogP contribution < -0.4 is 9.64 Å². The average molecular weight is 255 g/mol. The van der Waals surface area contributed by atoms with E-state index >= 15 is 0 Å². The van der Waals surface area contributed by atoms with Crippen molar-refractivity contribution >= 4 is 5.69 Å². The first-order valence-electron chi connectivity index (χ1n) is 6.43. The third-order valence-electron chi connectivity index (χ3n) is 3.44. The molecule has 3 rings (SSSR count). The molecule has 2 aromatic rings. The highest BCUT2D eigenvalue weighted by Crippen LogP contribution is 2.29. The van der Waals surface area contributed by atoms with Crippen molar-refractivity contribution in [3.8, 4) is 5.75 Å². The first-order valence-corrected chi connectivity index (χ1v) is 6.43. The molecule has 98 valence electrons. The first-order chi connectivity index (χ1) is 9.26. The van der Waals surface area contributed by atoms with Gasteiger partial charge in [-0.2, -0.15) is 0 Å². The number of hydrogen-bond acceptors (Lipinski definition) is 3. The van der Waals surface area contributed by atoms with E-state index in [1.807, 2.05) is 18.2 Å². The standard InChI is InChI=1S/C16H17NO2/c1-12-2-5-15(6-3-12)17-9-14-8-13(10-18)4-7-16(14)19-11-17/h2-8,18H,9-11H2,1H3. The van der Waals surface area contributed by atoms with E-state index in [-0.39, 0.29) is 6.61 Å². The van der Waals surface area contributed by atoms with Gasteiger partial charge in [0.05, 0.1) is 6.61 Å².